The van der Waals surface area contributed by atoms with Crippen molar-refractivity contribution in [2.45, 2.75) is 0 Å². The first-order chi connectivity index (χ1) is 22.7. The Hall–Kier alpha value is -5.99. The van der Waals surface area contributed by atoms with Crippen LogP contribution in [0.15, 0.2) is 156 Å². The van der Waals surface area contributed by atoms with E-state index in [0.29, 0.717) is 0 Å². The zero-order chi connectivity index (χ0) is 30.4. The summed E-state index contributed by atoms with van der Waals surface area (Å²) in [6, 6.07) is 52.7. The van der Waals surface area contributed by atoms with Crippen molar-refractivity contribution < 1.29 is 8.81 Å². The van der Waals surface area contributed by atoms with Crippen molar-refractivity contribution in [3.05, 3.63) is 157 Å². The van der Waals surface area contributed by atoms with Gasteiger partial charge in [0.15, 0.2) is 0 Å². The van der Waals surface area contributed by atoms with E-state index in [1.165, 1.54) is 77.1 Å². The Labute approximate surface area is 263 Å². The summed E-state index contributed by atoms with van der Waals surface area (Å²) in [4.78, 5) is 0. The van der Waals surface area contributed by atoms with Crippen LogP contribution in [-0.2, 0) is 0 Å². The highest BCUT2D eigenvalue weighted by atomic mass is 19.1. The third-order valence-electron chi connectivity index (χ3n) is 9.67. The van der Waals surface area contributed by atoms with Gasteiger partial charge in [0.2, 0.25) is 0 Å². The van der Waals surface area contributed by atoms with Crippen molar-refractivity contribution in [3.8, 4) is 22.3 Å². The van der Waals surface area contributed by atoms with E-state index in [1.54, 1.807) is 0 Å². The van der Waals surface area contributed by atoms with Crippen LogP contribution in [0.3, 0.4) is 0 Å². The van der Waals surface area contributed by atoms with Gasteiger partial charge in [-0.3, -0.25) is 0 Å². The van der Waals surface area contributed by atoms with Crippen LogP contribution in [0.1, 0.15) is 0 Å². The lowest BCUT2D eigenvalue weighted by Crippen LogP contribution is -1.86. The molecule has 1 heterocycles. The van der Waals surface area contributed by atoms with E-state index >= 15 is 0 Å². The zero-order valence-corrected chi connectivity index (χ0v) is 24.7. The first-order valence-electron chi connectivity index (χ1n) is 15.6. The number of hydrogen-bond donors (Lipinski definition) is 0. The summed E-state index contributed by atoms with van der Waals surface area (Å²) in [6.07, 6.45) is 0. The second-order valence-electron chi connectivity index (χ2n) is 12.2. The summed E-state index contributed by atoms with van der Waals surface area (Å²) < 4.78 is 20.0. The molecule has 0 N–H and O–H groups in total. The molecule has 46 heavy (non-hydrogen) atoms. The van der Waals surface area contributed by atoms with Gasteiger partial charge in [0.1, 0.15) is 17.0 Å². The molecule has 0 bridgehead atoms. The molecule has 10 rings (SSSR count). The maximum Gasteiger partial charge on any atom is 0.136 e. The first kappa shape index (κ1) is 25.3. The van der Waals surface area contributed by atoms with E-state index in [9.17, 15) is 4.39 Å². The van der Waals surface area contributed by atoms with Gasteiger partial charge in [-0.2, -0.15) is 0 Å². The average molecular weight is 589 g/mol. The second-order valence-corrected chi connectivity index (χ2v) is 12.2. The predicted octanol–water partition coefficient (Wildman–Crippen LogP) is 12.8. The highest BCUT2D eigenvalue weighted by Crippen LogP contribution is 2.42. The van der Waals surface area contributed by atoms with Crippen molar-refractivity contribution in [2.75, 3.05) is 0 Å². The third kappa shape index (κ3) is 3.74. The average Bonchev–Trinajstić information content (AvgIpc) is 3.49. The first-order valence-corrected chi connectivity index (χ1v) is 15.6. The van der Waals surface area contributed by atoms with Crippen LogP contribution in [0.25, 0.3) is 98.1 Å². The van der Waals surface area contributed by atoms with Crippen LogP contribution < -0.4 is 0 Å². The summed E-state index contributed by atoms with van der Waals surface area (Å²) >= 11 is 0. The summed E-state index contributed by atoms with van der Waals surface area (Å²) in [7, 11) is 0. The quantitative estimate of drug-likeness (QED) is 0.183. The Morgan fingerprint density at radius 2 is 0.870 bits per heavy atom. The fourth-order valence-corrected chi connectivity index (χ4v) is 7.42. The monoisotopic (exact) mass is 588 g/mol. The summed E-state index contributed by atoms with van der Waals surface area (Å²) in [5, 5.41) is 14.5. The highest BCUT2D eigenvalue weighted by Gasteiger charge is 2.16. The van der Waals surface area contributed by atoms with Gasteiger partial charge in [-0.15, -0.1) is 0 Å². The minimum absolute atomic E-state index is 0.220. The molecule has 0 aliphatic carbocycles. The fourth-order valence-electron chi connectivity index (χ4n) is 7.42. The van der Waals surface area contributed by atoms with Gasteiger partial charge in [0.05, 0.1) is 0 Å². The predicted molar refractivity (Wildman–Crippen MR) is 192 cm³/mol. The molecule has 0 fully saturated rings. The number of rotatable bonds is 2. The molecule has 0 atom stereocenters. The van der Waals surface area contributed by atoms with Crippen molar-refractivity contribution in [2.24, 2.45) is 0 Å². The highest BCUT2D eigenvalue weighted by molar-refractivity contribution is 6.30. The van der Waals surface area contributed by atoms with E-state index in [4.69, 9.17) is 4.42 Å². The van der Waals surface area contributed by atoms with E-state index in [-0.39, 0.29) is 5.82 Å². The number of fused-ring (bicyclic) bond motifs is 12. The maximum absolute atomic E-state index is 13.5. The van der Waals surface area contributed by atoms with Gasteiger partial charge in [-0.1, -0.05) is 103 Å². The van der Waals surface area contributed by atoms with Crippen LogP contribution in [0.2, 0.25) is 0 Å². The van der Waals surface area contributed by atoms with Gasteiger partial charge < -0.3 is 4.42 Å². The Morgan fingerprint density at radius 1 is 0.326 bits per heavy atom. The van der Waals surface area contributed by atoms with Crippen molar-refractivity contribution in [3.63, 3.8) is 0 Å². The topological polar surface area (TPSA) is 13.1 Å². The Balaban J connectivity index is 1.17. The van der Waals surface area contributed by atoms with E-state index < -0.39 is 0 Å². The lowest BCUT2D eigenvalue weighted by molar-refractivity contribution is 0.628. The minimum Gasteiger partial charge on any atom is -0.456 e. The molecule has 2 heteroatoms. The molecule has 9 aromatic carbocycles. The van der Waals surface area contributed by atoms with Gasteiger partial charge >= 0.3 is 0 Å². The van der Waals surface area contributed by atoms with Crippen LogP contribution in [0, 0.1) is 5.82 Å². The molecule has 0 radical (unpaired) electrons. The van der Waals surface area contributed by atoms with Gasteiger partial charge in [0.25, 0.3) is 0 Å². The zero-order valence-electron chi connectivity index (χ0n) is 24.7. The lowest BCUT2D eigenvalue weighted by atomic mass is 9.90. The minimum atomic E-state index is -0.220. The molecule has 214 valence electrons. The van der Waals surface area contributed by atoms with Crippen molar-refractivity contribution in [1.82, 2.24) is 0 Å². The molecule has 0 saturated carbocycles. The Bertz CT molecular complexity index is 2860. The van der Waals surface area contributed by atoms with Crippen LogP contribution >= 0.6 is 0 Å². The van der Waals surface area contributed by atoms with E-state index in [2.05, 4.69) is 127 Å². The third-order valence-corrected chi connectivity index (χ3v) is 9.67. The standard InChI is InChI=1S/C44H25FO/c45-33-17-13-26(14-18-33)28-9-10-30-22-31(12-11-29(30)21-28)32-15-19-37-38(23-32)35-7-3-4-8-36(35)39-24-41-43(25-40(37)39)46-42-20-16-27-5-1-2-6-34(27)44(41)42/h1-25H. The normalized spacial score (nSPS) is 12.0. The smallest absolute Gasteiger partial charge is 0.136 e. The van der Waals surface area contributed by atoms with Crippen molar-refractivity contribution >= 4 is 75.8 Å². The molecule has 0 unspecified atom stereocenters. The van der Waals surface area contributed by atoms with Gasteiger partial charge in [-0.25, -0.2) is 4.39 Å². The molecule has 0 saturated heterocycles. The molecule has 1 aromatic heterocycles. The fraction of sp³-hybridized carbons (Fsp3) is 0. The largest absolute Gasteiger partial charge is 0.456 e. The second kappa shape index (κ2) is 9.50. The van der Waals surface area contributed by atoms with E-state index in [0.717, 1.165) is 33.1 Å². The molecular formula is C44H25FO. The molecule has 0 amide bonds. The molecular weight excluding hydrogens is 563 g/mol. The molecule has 0 spiro atoms. The maximum atomic E-state index is 13.5. The van der Waals surface area contributed by atoms with Crippen LogP contribution in [-0.4, -0.2) is 0 Å². The Kier molecular flexibility index (Phi) is 5.24. The molecule has 0 aliphatic heterocycles. The number of furan rings is 1. The molecule has 0 aliphatic rings. The van der Waals surface area contributed by atoms with Gasteiger partial charge in [-0.05, 0) is 125 Å². The molecule has 1 nitrogen and oxygen atoms in total. The summed E-state index contributed by atoms with van der Waals surface area (Å²) in [5.74, 6) is -0.220. The van der Waals surface area contributed by atoms with Crippen molar-refractivity contribution in [1.29, 1.82) is 0 Å². The van der Waals surface area contributed by atoms with Crippen LogP contribution in [0.5, 0.6) is 0 Å². The van der Waals surface area contributed by atoms with Gasteiger partial charge in [0, 0.05) is 10.8 Å². The lowest BCUT2D eigenvalue weighted by Gasteiger charge is -2.13. The van der Waals surface area contributed by atoms with E-state index in [1.807, 2.05) is 12.1 Å². The number of hydrogen-bond acceptors (Lipinski definition) is 1. The number of halogens is 1. The molecule has 10 aromatic rings. The number of benzene rings is 9. The summed E-state index contributed by atoms with van der Waals surface area (Å²) in [6.45, 7) is 0. The summed E-state index contributed by atoms with van der Waals surface area (Å²) in [5.41, 5.74) is 6.27. The SMILES string of the molecule is Fc1ccc(-c2ccc3cc(-c4ccc5c(c4)c4ccccc4c4cc6c(cc54)oc4ccc5ccccc5c46)ccc3c2)cc1. The Morgan fingerprint density at radius 3 is 1.63 bits per heavy atom. The van der Waals surface area contributed by atoms with Crippen LogP contribution in [0.4, 0.5) is 4.39 Å².